The van der Waals surface area contributed by atoms with Crippen molar-refractivity contribution in [2.24, 2.45) is 11.3 Å². The summed E-state index contributed by atoms with van der Waals surface area (Å²) in [6, 6.07) is 5.80. The Morgan fingerprint density at radius 2 is 1.96 bits per heavy atom. The van der Waals surface area contributed by atoms with Gasteiger partial charge in [-0.3, -0.25) is 9.59 Å². The molecule has 5 nitrogen and oxygen atoms in total. The molecule has 0 saturated carbocycles. The third-order valence-corrected chi connectivity index (χ3v) is 4.34. The number of carbonyl (C=O) groups is 2. The zero-order valence-corrected chi connectivity index (χ0v) is 14.3. The first-order valence-electron chi connectivity index (χ1n) is 7.92. The number of carboxylic acid groups (broad SMARTS) is 1. The van der Waals surface area contributed by atoms with Gasteiger partial charge in [-0.15, -0.1) is 0 Å². The molecule has 126 valence electrons. The van der Waals surface area contributed by atoms with Crippen molar-refractivity contribution in [3.63, 3.8) is 0 Å². The van der Waals surface area contributed by atoms with E-state index in [9.17, 15) is 14.7 Å². The highest BCUT2D eigenvalue weighted by molar-refractivity contribution is 5.87. The molecule has 1 amide bonds. The van der Waals surface area contributed by atoms with Gasteiger partial charge in [-0.25, -0.2) is 0 Å². The molecular formula is C18H25NO4. The van der Waals surface area contributed by atoms with E-state index in [0.29, 0.717) is 19.5 Å². The van der Waals surface area contributed by atoms with E-state index in [0.717, 1.165) is 16.9 Å². The summed E-state index contributed by atoms with van der Waals surface area (Å²) in [7, 11) is 1.62. The summed E-state index contributed by atoms with van der Waals surface area (Å²) < 4.78 is 5.23. The van der Waals surface area contributed by atoms with E-state index in [1.54, 1.807) is 18.9 Å². The minimum absolute atomic E-state index is 0.0798. The van der Waals surface area contributed by atoms with E-state index in [1.807, 2.05) is 32.0 Å². The van der Waals surface area contributed by atoms with Gasteiger partial charge in [0.05, 0.1) is 18.9 Å². The van der Waals surface area contributed by atoms with Crippen LogP contribution >= 0.6 is 0 Å². The van der Waals surface area contributed by atoms with Gasteiger partial charge in [-0.1, -0.05) is 26.8 Å². The van der Waals surface area contributed by atoms with Crippen molar-refractivity contribution in [2.45, 2.75) is 46.7 Å². The highest BCUT2D eigenvalue weighted by Crippen LogP contribution is 2.36. The lowest BCUT2D eigenvalue weighted by Gasteiger charge is -2.32. The Morgan fingerprint density at radius 1 is 1.30 bits per heavy atom. The first kappa shape index (κ1) is 17.3. The van der Waals surface area contributed by atoms with E-state index in [4.69, 9.17) is 4.74 Å². The molecule has 23 heavy (non-hydrogen) atoms. The van der Waals surface area contributed by atoms with E-state index < -0.39 is 11.4 Å². The third kappa shape index (κ3) is 3.84. The van der Waals surface area contributed by atoms with Crippen molar-refractivity contribution >= 4 is 11.9 Å². The van der Waals surface area contributed by atoms with Crippen molar-refractivity contribution in [1.82, 2.24) is 4.90 Å². The molecule has 5 heteroatoms. The van der Waals surface area contributed by atoms with Gasteiger partial charge in [-0.05, 0) is 35.6 Å². The van der Waals surface area contributed by atoms with Crippen molar-refractivity contribution in [2.75, 3.05) is 7.11 Å². The Hall–Kier alpha value is -2.04. The number of aliphatic carboxylic acids is 1. The van der Waals surface area contributed by atoms with Gasteiger partial charge in [-0.2, -0.15) is 0 Å². The fraction of sp³-hybridized carbons (Fsp3) is 0.556. The number of carbonyl (C=O) groups excluding carboxylic acids is 1. The number of nitrogens with zero attached hydrogens (tertiary/aromatic N) is 1. The Labute approximate surface area is 137 Å². The highest BCUT2D eigenvalue weighted by Gasteiger charge is 2.40. The molecule has 1 atom stereocenters. The summed E-state index contributed by atoms with van der Waals surface area (Å²) in [5, 5.41) is 9.21. The zero-order chi connectivity index (χ0) is 17.2. The molecule has 1 N–H and O–H groups in total. The fourth-order valence-electron chi connectivity index (χ4n) is 3.49. The summed E-state index contributed by atoms with van der Waals surface area (Å²) in [5.41, 5.74) is 1.30. The maximum absolute atomic E-state index is 13.0. The van der Waals surface area contributed by atoms with Crippen LogP contribution in [0.15, 0.2) is 18.2 Å². The van der Waals surface area contributed by atoms with Crippen LogP contribution in [0.2, 0.25) is 0 Å². The quantitative estimate of drug-likeness (QED) is 0.875. The SMILES string of the molecule is COc1ccc2c(c1)CN(C(=O)C(C)(CC(=O)O)CC(C)C)C2. The normalized spacial score (nSPS) is 16.1. The highest BCUT2D eigenvalue weighted by atomic mass is 16.5. The number of ether oxygens (including phenoxy) is 1. The van der Waals surface area contributed by atoms with Crippen molar-refractivity contribution in [3.05, 3.63) is 29.3 Å². The predicted molar refractivity (Wildman–Crippen MR) is 87.1 cm³/mol. The number of amides is 1. The van der Waals surface area contributed by atoms with Crippen LogP contribution in [-0.4, -0.2) is 29.0 Å². The number of fused-ring (bicyclic) bond motifs is 1. The molecule has 1 heterocycles. The van der Waals surface area contributed by atoms with Gasteiger partial charge in [0.25, 0.3) is 0 Å². The van der Waals surface area contributed by atoms with Gasteiger partial charge in [0.15, 0.2) is 0 Å². The molecule has 1 aliphatic rings. The monoisotopic (exact) mass is 319 g/mol. The minimum Gasteiger partial charge on any atom is -0.497 e. The molecule has 1 aliphatic heterocycles. The average molecular weight is 319 g/mol. The van der Waals surface area contributed by atoms with Crippen molar-refractivity contribution in [3.8, 4) is 5.75 Å². The Balaban J connectivity index is 2.20. The second-order valence-electron chi connectivity index (χ2n) is 7.03. The van der Waals surface area contributed by atoms with Crippen LogP contribution in [0.4, 0.5) is 0 Å². The molecule has 0 spiro atoms. The van der Waals surface area contributed by atoms with Gasteiger partial charge in [0.1, 0.15) is 5.75 Å². The van der Waals surface area contributed by atoms with Gasteiger partial charge < -0.3 is 14.7 Å². The number of hydrogen-bond donors (Lipinski definition) is 1. The molecule has 0 saturated heterocycles. The van der Waals surface area contributed by atoms with Crippen LogP contribution < -0.4 is 4.74 Å². The average Bonchev–Trinajstić information content (AvgIpc) is 2.87. The number of rotatable bonds is 6. The first-order valence-corrected chi connectivity index (χ1v) is 7.92. The van der Waals surface area contributed by atoms with Gasteiger partial charge in [0, 0.05) is 13.1 Å². The largest absolute Gasteiger partial charge is 0.497 e. The third-order valence-electron chi connectivity index (χ3n) is 4.34. The number of carboxylic acids is 1. The summed E-state index contributed by atoms with van der Waals surface area (Å²) >= 11 is 0. The molecule has 0 fully saturated rings. The summed E-state index contributed by atoms with van der Waals surface area (Å²) in [6.07, 6.45) is 0.425. The van der Waals surface area contributed by atoms with Crippen LogP contribution in [-0.2, 0) is 22.7 Å². The Kier molecular flexibility index (Phi) is 4.97. The van der Waals surface area contributed by atoms with Crippen molar-refractivity contribution < 1.29 is 19.4 Å². The molecule has 1 aromatic carbocycles. The van der Waals surface area contributed by atoms with Gasteiger partial charge in [0.2, 0.25) is 5.91 Å². The topological polar surface area (TPSA) is 66.8 Å². The number of hydrogen-bond acceptors (Lipinski definition) is 3. The van der Waals surface area contributed by atoms with Crippen LogP contribution in [0.25, 0.3) is 0 Å². The number of benzene rings is 1. The molecule has 1 unspecified atom stereocenters. The smallest absolute Gasteiger partial charge is 0.304 e. The van der Waals surface area contributed by atoms with Crippen molar-refractivity contribution in [1.29, 1.82) is 0 Å². The molecule has 0 radical (unpaired) electrons. The van der Waals surface area contributed by atoms with Crippen LogP contribution in [0, 0.1) is 11.3 Å². The Morgan fingerprint density at radius 3 is 2.52 bits per heavy atom. The summed E-state index contributed by atoms with van der Waals surface area (Å²) in [4.78, 5) is 26.0. The lowest BCUT2D eigenvalue weighted by atomic mass is 9.78. The molecule has 1 aromatic rings. The summed E-state index contributed by atoms with van der Waals surface area (Å²) in [6.45, 7) is 6.84. The molecule has 0 bridgehead atoms. The fourth-order valence-corrected chi connectivity index (χ4v) is 3.49. The standard InChI is InChI=1S/C18H25NO4/c1-12(2)8-18(3,9-16(20)21)17(22)19-10-13-5-6-15(23-4)7-14(13)11-19/h5-7,12H,8-11H2,1-4H3,(H,20,21). The lowest BCUT2D eigenvalue weighted by molar-refractivity contribution is -0.151. The second kappa shape index (κ2) is 6.60. The zero-order valence-electron chi connectivity index (χ0n) is 14.3. The minimum atomic E-state index is -0.931. The predicted octanol–water partition coefficient (Wildman–Crippen LogP) is 3.06. The number of methoxy groups -OCH3 is 1. The van der Waals surface area contributed by atoms with Crippen LogP contribution in [0.3, 0.4) is 0 Å². The maximum Gasteiger partial charge on any atom is 0.304 e. The van der Waals surface area contributed by atoms with E-state index in [2.05, 4.69) is 0 Å². The molecule has 2 rings (SSSR count). The molecule has 0 aliphatic carbocycles. The van der Waals surface area contributed by atoms with E-state index in [1.165, 1.54) is 0 Å². The molecular weight excluding hydrogens is 294 g/mol. The van der Waals surface area contributed by atoms with Crippen LogP contribution in [0.1, 0.15) is 44.7 Å². The van der Waals surface area contributed by atoms with Crippen LogP contribution in [0.5, 0.6) is 5.75 Å². The Bertz CT molecular complexity index is 611. The van der Waals surface area contributed by atoms with E-state index in [-0.39, 0.29) is 18.2 Å². The first-order chi connectivity index (χ1) is 10.7. The lowest BCUT2D eigenvalue weighted by Crippen LogP contribution is -2.41. The van der Waals surface area contributed by atoms with Gasteiger partial charge >= 0.3 is 5.97 Å². The molecule has 0 aromatic heterocycles. The maximum atomic E-state index is 13.0. The van der Waals surface area contributed by atoms with E-state index >= 15 is 0 Å². The second-order valence-corrected chi connectivity index (χ2v) is 7.03. The summed E-state index contributed by atoms with van der Waals surface area (Å²) in [5.74, 6) is 0.0190.